The number of ether oxygens (including phenoxy) is 9. The number of alkyl carbamates (subject to hydrolysis) is 3. The second-order valence-corrected chi connectivity index (χ2v) is 40.6. The second-order valence-electron chi connectivity index (χ2n) is 40.6. The molecular weight excluding hydrogens is 1880 g/mol. The van der Waals surface area contributed by atoms with Crippen molar-refractivity contribution in [2.24, 2.45) is 51.8 Å². The molecule has 135 heavy (non-hydrogen) atoms. The number of fused-ring (bicyclic) bond motifs is 15. The van der Waals surface area contributed by atoms with Crippen LogP contribution < -0.4 is 44.4 Å². The number of aromatic nitrogens is 6. The molecule has 3 saturated carbocycles. The van der Waals surface area contributed by atoms with Gasteiger partial charge >= 0.3 is 18.3 Å². The molecule has 18 atom stereocenters. The van der Waals surface area contributed by atoms with E-state index in [-0.39, 0.29) is 153 Å². The molecule has 3 saturated heterocycles. The molecule has 39 heteroatoms. The van der Waals surface area contributed by atoms with E-state index in [2.05, 4.69) is 45.9 Å². The van der Waals surface area contributed by atoms with Gasteiger partial charge in [-0.05, 0) is 180 Å². The van der Waals surface area contributed by atoms with Gasteiger partial charge < -0.3 is 87.7 Å². The molecule has 735 valence electrons. The smallest absolute Gasteiger partial charge is 0.408 e. The van der Waals surface area contributed by atoms with E-state index in [1.54, 1.807) is 117 Å². The van der Waals surface area contributed by atoms with Gasteiger partial charge in [-0.2, -0.15) is 26.3 Å². The summed E-state index contributed by atoms with van der Waals surface area (Å²) < 4.78 is 147. The van der Waals surface area contributed by atoms with Crippen LogP contribution in [0.25, 0.3) is 33.1 Å². The van der Waals surface area contributed by atoms with Crippen molar-refractivity contribution < 1.29 is 168 Å². The summed E-state index contributed by atoms with van der Waals surface area (Å²) in [6, 6.07) is 8.12. The Labute approximate surface area is 819 Å². The van der Waals surface area contributed by atoms with Crippen molar-refractivity contribution in [2.45, 2.75) is 309 Å². The molecule has 3 N–H and O–H groups in total. The molecule has 9 aliphatic rings. The number of amides is 6. The zero-order valence-electron chi connectivity index (χ0n) is 79.5. The first-order valence-corrected chi connectivity index (χ1v) is 45.9. The zero-order valence-corrected chi connectivity index (χ0v) is 83.7. The molecule has 30 nitrogen and oxygen atoms in total. The number of rotatable bonds is 6. The molecule has 6 bridgehead atoms. The van der Waals surface area contributed by atoms with Gasteiger partial charge in [0.2, 0.25) is 35.4 Å². The number of carbonyl (C=O) groups is 6. The standard InChI is InChI=1S/C33H43F2N4O6.C32H41F2N4O6.C31H39F2N4O6.3V/c1-19-24(18-40)39-17-25(19)44-28-26(36-22-13-12-21(43-6)16-23(22)37-28)33(34,35)15-8-7-10-20-11-9-14-32(20,5)45-30(42)38-27(29(39)41)31(2,3)4;1-18-23(17-39)38-16-25(18)43-28-26(35-21-13-12-20(42-5)15-22(21)36-28)32(33,34)14-7-6-9-19-10-8-11-24(19)44-30(41)37-27(29(38)40)31(2,3)4;1-17-22(16-38)37-15-23(17)42-26-24(34-20-11-10-19(41-6)13-21(20)35-26)31(32,33)12-8-7-9-18-14-30(18,5)43-28(40)36-25(27(37)39)29(2,3)4;;;/h12-13,16,19-20,24-25,27H,7-11,14-15,17H2,1-6H3,(H,38,42);12-13,15,18-19,23-25,27H,6-11,14,16H2,1-5H3,(H,37,41);10-11,13,17-18,22-23,25H,7-9,12,14-15H2,1-6H3,(H,36,40);;;/q3*-1;;;/t19-,20+,24+,25-,27+,32+;18-,19+,23+,24+,25-,27+;17-,18+,22+,23-,25+,30+;;;/m000.../s1. The summed E-state index contributed by atoms with van der Waals surface area (Å²) in [4.78, 5) is 148. The number of hydrogen-bond acceptors (Lipinski definition) is 24. The summed E-state index contributed by atoms with van der Waals surface area (Å²) in [6.45, 7) is 24.7. The van der Waals surface area contributed by atoms with Crippen LogP contribution in [-0.4, -0.2) is 212 Å². The Morgan fingerprint density at radius 1 is 0.385 bits per heavy atom. The van der Waals surface area contributed by atoms with E-state index in [1.165, 1.54) is 36.0 Å². The first kappa shape index (κ1) is 108. The molecule has 15 rings (SSSR count). The van der Waals surface area contributed by atoms with Gasteiger partial charge in [-0.1, -0.05) is 120 Å². The maximum absolute atomic E-state index is 16.0. The van der Waals surface area contributed by atoms with E-state index >= 15 is 26.3 Å². The Morgan fingerprint density at radius 2 is 0.704 bits per heavy atom. The van der Waals surface area contributed by atoms with Crippen molar-refractivity contribution in [1.82, 2.24) is 60.6 Å². The minimum absolute atomic E-state index is 0. The van der Waals surface area contributed by atoms with E-state index < -0.39 is 190 Å². The summed E-state index contributed by atoms with van der Waals surface area (Å²) >= 11 is 0. The predicted octanol–water partition coefficient (Wildman–Crippen LogP) is 15.9. The topological polar surface area (TPSA) is 360 Å². The first-order chi connectivity index (χ1) is 62.1. The molecular formula is C96H123F6N12O18V3-3. The van der Waals surface area contributed by atoms with E-state index in [9.17, 15) is 43.2 Å². The van der Waals surface area contributed by atoms with Gasteiger partial charge in [0.15, 0.2) is 17.1 Å². The third kappa shape index (κ3) is 24.1. The van der Waals surface area contributed by atoms with Crippen LogP contribution in [0.5, 0.6) is 34.9 Å². The largest absolute Gasteiger partial charge is 0.540 e. The molecule has 6 aliphatic heterocycles. The first-order valence-electron chi connectivity index (χ1n) is 45.9. The van der Waals surface area contributed by atoms with Crippen molar-refractivity contribution in [3.05, 3.63) is 71.7 Å². The molecule has 6 amide bonds. The van der Waals surface area contributed by atoms with Crippen molar-refractivity contribution in [3.63, 3.8) is 0 Å². The summed E-state index contributed by atoms with van der Waals surface area (Å²) in [6.07, 6.45) is 8.51. The van der Waals surface area contributed by atoms with Crippen LogP contribution in [0.3, 0.4) is 0 Å². The molecule has 3 aromatic heterocycles. The van der Waals surface area contributed by atoms with Gasteiger partial charge in [0.05, 0.1) is 74.1 Å². The Balaban J connectivity index is 0.000000207. The van der Waals surface area contributed by atoms with Gasteiger partial charge in [0.1, 0.15) is 71.0 Å². The SMILES string of the molecule is COc1ccc2nc3c(nc2c1)O[C@H]1CN(C(=O)[C@H](C(C)(C)C)NC(=O)O[C@@H]2CCC[C@H]2CCCCC3(F)F)[C@H]([C-]=O)[C@@H]1C.COc1ccc2nc3c(nc2c1)O[C@H]1CN(C(=O)[C@H](C(C)(C)C)NC(=O)O[C@]2(C)CCC[C@H]2CCCCC3(F)F)[C@H]([C-]=O)[C@@H]1C.COc1ccc2nc3c(nc2c1)O[C@H]1CN(C(=O)[C@H](C(C)(C)C)NC(=O)O[C@]2(C)C[C@H]2CCCCC3(F)F)[C@H]([C-]=O)[C@@H]1C.[V].[V].[V]. The molecule has 3 aliphatic carbocycles. The van der Waals surface area contributed by atoms with Gasteiger partial charge in [-0.3, -0.25) is 14.4 Å². The third-order valence-corrected chi connectivity index (χ3v) is 27.9. The average Bonchev–Trinajstić information content (AvgIpc) is 1.70. The summed E-state index contributed by atoms with van der Waals surface area (Å²) in [5.74, 6) is -13.1. The maximum atomic E-state index is 16.0. The number of benzene rings is 3. The Morgan fingerprint density at radius 3 is 1.04 bits per heavy atom. The number of methoxy groups -OCH3 is 3. The van der Waals surface area contributed by atoms with Crippen LogP contribution in [-0.2, 0) is 116 Å². The van der Waals surface area contributed by atoms with Crippen LogP contribution in [0.15, 0.2) is 54.6 Å². The molecule has 0 spiro atoms. The van der Waals surface area contributed by atoms with E-state index in [1.807, 2.05) is 53.5 Å². The Kier molecular flexibility index (Phi) is 34.6. The quantitative estimate of drug-likeness (QED) is 0.0792. The van der Waals surface area contributed by atoms with Crippen LogP contribution in [0.4, 0.5) is 40.7 Å². The predicted molar refractivity (Wildman–Crippen MR) is 472 cm³/mol. The fourth-order valence-electron chi connectivity index (χ4n) is 19.6. The summed E-state index contributed by atoms with van der Waals surface area (Å²) in [7, 11) is 4.46. The van der Waals surface area contributed by atoms with Crippen molar-refractivity contribution >= 4 is 88.0 Å². The normalized spacial score (nSPS) is 30.1. The molecule has 9 heterocycles. The van der Waals surface area contributed by atoms with Crippen molar-refractivity contribution in [1.29, 1.82) is 0 Å². The molecule has 0 unspecified atom stereocenters. The Bertz CT molecular complexity index is 5290. The minimum Gasteiger partial charge on any atom is -0.540 e. The zero-order chi connectivity index (χ0) is 95.9. The van der Waals surface area contributed by atoms with Crippen molar-refractivity contribution in [3.8, 4) is 34.9 Å². The van der Waals surface area contributed by atoms with Crippen molar-refractivity contribution in [2.75, 3.05) is 41.0 Å². The number of halogens is 6. The van der Waals surface area contributed by atoms with Gasteiger partial charge in [0, 0.05) is 99.0 Å². The summed E-state index contributed by atoms with van der Waals surface area (Å²) in [5.41, 5.74) is -3.81. The number of hydrogen-bond donors (Lipinski definition) is 3. The monoisotopic (exact) mass is 2000 g/mol. The summed E-state index contributed by atoms with van der Waals surface area (Å²) in [5, 5.41) is 8.30. The average molecular weight is 2000 g/mol. The van der Waals surface area contributed by atoms with Crippen LogP contribution in [0.1, 0.15) is 236 Å². The number of nitrogens with one attached hydrogen (secondary N) is 3. The number of alkyl halides is 6. The van der Waals surface area contributed by atoms with Gasteiger partial charge in [-0.15, -0.1) is 0 Å². The maximum Gasteiger partial charge on any atom is 0.408 e. The second kappa shape index (κ2) is 43.2. The fourth-order valence-corrected chi connectivity index (χ4v) is 19.6. The van der Waals surface area contributed by atoms with E-state index in [4.69, 9.17) is 42.6 Å². The van der Waals surface area contributed by atoms with E-state index in [0.717, 1.165) is 25.7 Å². The number of nitrogens with zero attached hydrogens (tertiary/aromatic N) is 9. The van der Waals surface area contributed by atoms with E-state index in [0.29, 0.717) is 91.6 Å². The van der Waals surface area contributed by atoms with Crippen LogP contribution in [0, 0.1) is 51.8 Å². The fraction of sp³-hybridized carbons (Fsp3) is 0.656. The van der Waals surface area contributed by atoms with Gasteiger partial charge in [-0.25, -0.2) is 63.1 Å². The molecule has 6 fully saturated rings. The van der Waals surface area contributed by atoms with Gasteiger partial charge in [0.25, 0.3) is 17.8 Å². The molecule has 3 aromatic carbocycles. The Hall–Kier alpha value is -8.96. The number of carbonyl (C=O) groups excluding carboxylic acids is 9. The van der Waals surface area contributed by atoms with Crippen LogP contribution in [0.2, 0.25) is 0 Å². The molecule has 6 aromatic rings. The third-order valence-electron chi connectivity index (χ3n) is 27.9. The minimum atomic E-state index is -3.37. The molecule has 3 radical (unpaired) electrons. The van der Waals surface area contributed by atoms with Crippen LogP contribution >= 0.6 is 0 Å².